The summed E-state index contributed by atoms with van der Waals surface area (Å²) in [6.45, 7) is 0. The highest BCUT2D eigenvalue weighted by molar-refractivity contribution is 7.99. The van der Waals surface area contributed by atoms with Gasteiger partial charge in [-0.3, -0.25) is 0 Å². The Morgan fingerprint density at radius 1 is 0.397 bits per heavy atom. The largest absolute Gasteiger partial charge is 0.456 e. The van der Waals surface area contributed by atoms with Gasteiger partial charge in [0.2, 0.25) is 0 Å². The van der Waals surface area contributed by atoms with Gasteiger partial charge in [-0.15, -0.1) is 0 Å². The molecule has 1 unspecified atom stereocenters. The van der Waals surface area contributed by atoms with Crippen molar-refractivity contribution in [2.24, 2.45) is 0 Å². The van der Waals surface area contributed by atoms with Gasteiger partial charge in [-0.05, 0) is 123 Å². The second kappa shape index (κ2) is 13.1. The van der Waals surface area contributed by atoms with E-state index in [0.29, 0.717) is 0 Å². The summed E-state index contributed by atoms with van der Waals surface area (Å²) in [5.41, 5.74) is 15.8. The molecule has 0 amide bonds. The molecule has 2 aliphatic rings. The predicted octanol–water partition coefficient (Wildman–Crippen LogP) is 16.1. The average Bonchev–Trinajstić information content (AvgIpc) is 3.88. The second-order valence-corrected chi connectivity index (χ2v) is 17.9. The van der Waals surface area contributed by atoms with Crippen LogP contribution in [0.3, 0.4) is 0 Å². The van der Waals surface area contributed by atoms with Crippen LogP contribution in [0.4, 0.5) is 17.1 Å². The van der Waals surface area contributed by atoms with Crippen molar-refractivity contribution in [3.8, 4) is 16.8 Å². The summed E-state index contributed by atoms with van der Waals surface area (Å²) < 4.78 is 8.71. The molecule has 294 valence electrons. The van der Waals surface area contributed by atoms with E-state index in [2.05, 4.69) is 216 Å². The first-order chi connectivity index (χ1) is 31.2. The Morgan fingerprint density at radius 2 is 1.06 bits per heavy atom. The molecule has 1 atom stereocenters. The summed E-state index contributed by atoms with van der Waals surface area (Å²) in [6.07, 6.45) is 0. The van der Waals surface area contributed by atoms with Gasteiger partial charge in [0, 0.05) is 54.1 Å². The van der Waals surface area contributed by atoms with E-state index in [1.165, 1.54) is 70.2 Å². The lowest BCUT2D eigenvalue weighted by atomic mass is 9.59. The van der Waals surface area contributed by atoms with Crippen molar-refractivity contribution in [3.63, 3.8) is 0 Å². The fraction of sp³-hybridized carbons (Fsp3) is 0.0169. The number of anilines is 3. The van der Waals surface area contributed by atoms with E-state index < -0.39 is 5.41 Å². The number of benzene rings is 10. The van der Waals surface area contributed by atoms with Crippen molar-refractivity contribution in [2.45, 2.75) is 15.2 Å². The molecule has 0 radical (unpaired) electrons. The number of hydrogen-bond donors (Lipinski definition) is 0. The molecule has 12 aromatic rings. The van der Waals surface area contributed by atoms with Crippen LogP contribution >= 0.6 is 11.8 Å². The van der Waals surface area contributed by atoms with Gasteiger partial charge in [-0.2, -0.15) is 0 Å². The van der Waals surface area contributed by atoms with Crippen LogP contribution in [0, 0.1) is 0 Å². The summed E-state index contributed by atoms with van der Waals surface area (Å²) in [5, 5.41) is 7.26. The molecule has 63 heavy (non-hydrogen) atoms. The summed E-state index contributed by atoms with van der Waals surface area (Å²) in [5.74, 6) is 0. The van der Waals surface area contributed by atoms with Crippen LogP contribution in [0.15, 0.2) is 233 Å². The number of nitrogens with zero attached hydrogens (tertiary/aromatic N) is 2. The fourth-order valence-electron chi connectivity index (χ4n) is 11.1. The minimum absolute atomic E-state index is 0.549. The van der Waals surface area contributed by atoms with Gasteiger partial charge in [0.25, 0.3) is 0 Å². The highest BCUT2D eigenvalue weighted by Gasteiger charge is 2.48. The lowest BCUT2D eigenvalue weighted by Crippen LogP contribution is -2.36. The molecule has 3 heterocycles. The minimum Gasteiger partial charge on any atom is -0.456 e. The summed E-state index contributed by atoms with van der Waals surface area (Å²) in [7, 11) is 0. The molecule has 2 aromatic heterocycles. The van der Waals surface area contributed by atoms with Crippen LogP contribution in [0.1, 0.15) is 22.3 Å². The summed E-state index contributed by atoms with van der Waals surface area (Å²) in [4.78, 5) is 5.01. The van der Waals surface area contributed by atoms with E-state index in [1.54, 1.807) is 0 Å². The Morgan fingerprint density at radius 3 is 1.98 bits per heavy atom. The first-order valence-electron chi connectivity index (χ1n) is 21.6. The molecule has 0 saturated heterocycles. The van der Waals surface area contributed by atoms with Gasteiger partial charge in [0.1, 0.15) is 11.2 Å². The number of hydrogen-bond acceptors (Lipinski definition) is 3. The Balaban J connectivity index is 1.03. The van der Waals surface area contributed by atoms with Gasteiger partial charge < -0.3 is 13.9 Å². The van der Waals surface area contributed by atoms with Crippen LogP contribution in [0.25, 0.3) is 71.3 Å². The third-order valence-electron chi connectivity index (χ3n) is 13.6. The highest BCUT2D eigenvalue weighted by Crippen LogP contribution is 2.62. The van der Waals surface area contributed by atoms with E-state index in [0.717, 1.165) is 50.2 Å². The van der Waals surface area contributed by atoms with E-state index in [-0.39, 0.29) is 0 Å². The maximum atomic E-state index is 6.28. The lowest BCUT2D eigenvalue weighted by Gasteiger charge is -2.46. The highest BCUT2D eigenvalue weighted by atomic mass is 32.2. The van der Waals surface area contributed by atoms with E-state index in [1.807, 2.05) is 23.9 Å². The molecule has 4 heteroatoms. The zero-order valence-electron chi connectivity index (χ0n) is 34.0. The van der Waals surface area contributed by atoms with Gasteiger partial charge in [0.15, 0.2) is 0 Å². The zero-order chi connectivity index (χ0) is 41.2. The first kappa shape index (κ1) is 34.9. The number of furan rings is 1. The monoisotopic (exact) mass is 820 g/mol. The standard InChI is InChI=1S/C59H36N2OS/c1-2-16-38(17-3-1)60(41-28-31-44-43-19-5-9-25-52(43)61(53(44)36-41)39-29-32-55-47(34-39)45-20-6-10-26-54(45)62-55)40-30-33-57-51(35-40)59(49-23-8-11-27-56(49)63-57)48-22-7-4-18-42(48)46-21-12-14-37-15-13-24-50(59)58(37)46/h1-36H. The van der Waals surface area contributed by atoms with Gasteiger partial charge >= 0.3 is 0 Å². The molecular weight excluding hydrogens is 785 g/mol. The van der Waals surface area contributed by atoms with Gasteiger partial charge in [-0.25, -0.2) is 0 Å². The molecule has 1 spiro atoms. The number of para-hydroxylation sites is 3. The van der Waals surface area contributed by atoms with Gasteiger partial charge in [0.05, 0.1) is 16.4 Å². The number of rotatable bonds is 4. The maximum Gasteiger partial charge on any atom is 0.135 e. The quantitative estimate of drug-likeness (QED) is 0.176. The summed E-state index contributed by atoms with van der Waals surface area (Å²) in [6, 6.07) is 80.6. The van der Waals surface area contributed by atoms with Crippen LogP contribution in [0.2, 0.25) is 0 Å². The first-order valence-corrected chi connectivity index (χ1v) is 22.4. The van der Waals surface area contributed by atoms with Crippen LogP contribution in [-0.2, 0) is 5.41 Å². The van der Waals surface area contributed by atoms with Crippen LogP contribution < -0.4 is 4.90 Å². The fourth-order valence-corrected chi connectivity index (χ4v) is 12.2. The number of fused-ring (bicyclic) bond motifs is 14. The molecule has 0 saturated carbocycles. The molecule has 0 fully saturated rings. The normalized spacial score (nSPS) is 15.0. The molecule has 1 aliphatic heterocycles. The minimum atomic E-state index is -0.549. The lowest BCUT2D eigenvalue weighted by molar-refractivity contribution is 0.669. The predicted molar refractivity (Wildman–Crippen MR) is 262 cm³/mol. The van der Waals surface area contributed by atoms with Crippen LogP contribution in [-0.4, -0.2) is 4.57 Å². The Hall–Kier alpha value is -7.79. The SMILES string of the molecule is c1ccc(N(c2ccc3c(c2)C2(c4ccccc4S3)c3ccccc3-c3cccc4cccc2c34)c2ccc3c4ccccc4n(-c4ccc5oc6ccccc6c5c4)c3c2)cc1. The van der Waals surface area contributed by atoms with Crippen molar-refractivity contribution in [1.82, 2.24) is 4.57 Å². The molecule has 1 aliphatic carbocycles. The van der Waals surface area contributed by atoms with Crippen molar-refractivity contribution in [1.29, 1.82) is 0 Å². The topological polar surface area (TPSA) is 21.3 Å². The van der Waals surface area contributed by atoms with Crippen molar-refractivity contribution >= 4 is 83.3 Å². The smallest absolute Gasteiger partial charge is 0.135 e. The number of aromatic nitrogens is 1. The van der Waals surface area contributed by atoms with E-state index >= 15 is 0 Å². The molecule has 3 nitrogen and oxygen atoms in total. The van der Waals surface area contributed by atoms with Crippen molar-refractivity contribution in [2.75, 3.05) is 4.90 Å². The van der Waals surface area contributed by atoms with Gasteiger partial charge in [-0.1, -0.05) is 151 Å². The Kier molecular flexibility index (Phi) is 7.26. The zero-order valence-corrected chi connectivity index (χ0v) is 34.8. The van der Waals surface area contributed by atoms with Crippen molar-refractivity contribution < 1.29 is 4.42 Å². The Labute approximate surface area is 368 Å². The van der Waals surface area contributed by atoms with E-state index in [9.17, 15) is 0 Å². The third-order valence-corrected chi connectivity index (χ3v) is 14.8. The third kappa shape index (κ3) is 4.81. The van der Waals surface area contributed by atoms with E-state index in [4.69, 9.17) is 4.42 Å². The second-order valence-electron chi connectivity index (χ2n) is 16.8. The average molecular weight is 821 g/mol. The molecule has 0 bridgehead atoms. The molecule has 0 N–H and O–H groups in total. The molecule has 14 rings (SSSR count). The molecule has 10 aromatic carbocycles. The van der Waals surface area contributed by atoms with Crippen LogP contribution in [0.5, 0.6) is 0 Å². The molecular formula is C59H36N2OS. The van der Waals surface area contributed by atoms with Crippen molar-refractivity contribution in [3.05, 3.63) is 241 Å². The maximum absolute atomic E-state index is 6.28. The summed E-state index contributed by atoms with van der Waals surface area (Å²) >= 11 is 1.88. The Bertz CT molecular complexity index is 3860.